The van der Waals surface area contributed by atoms with Gasteiger partial charge in [-0.25, -0.2) is 4.79 Å². The van der Waals surface area contributed by atoms with E-state index in [0.717, 1.165) is 28.1 Å². The number of anilines is 2. The molecule has 0 radical (unpaired) electrons. The summed E-state index contributed by atoms with van der Waals surface area (Å²) >= 11 is 12.9. The number of aryl methyl sites for hydroxylation is 1. The number of rotatable bonds is 3. The Morgan fingerprint density at radius 2 is 1.87 bits per heavy atom. The highest BCUT2D eigenvalue weighted by atomic mass is 35.5. The molecule has 2 N–H and O–H groups in total. The average Bonchev–Trinajstić information content (AvgIpc) is 2.87. The minimum atomic E-state index is -0.920. The smallest absolute Gasteiger partial charge is 0.407 e. The molecule has 1 saturated heterocycles. The van der Waals surface area contributed by atoms with E-state index in [1.807, 2.05) is 38.1 Å². The number of nitrogens with zero attached hydrogens (tertiary/aromatic N) is 2. The molecule has 0 unspecified atom stereocenters. The average molecular weight is 462 g/mol. The van der Waals surface area contributed by atoms with E-state index in [2.05, 4.69) is 10.2 Å². The van der Waals surface area contributed by atoms with Crippen LogP contribution in [0, 0.1) is 13.8 Å². The van der Waals surface area contributed by atoms with Gasteiger partial charge in [-0.1, -0.05) is 35.3 Å². The van der Waals surface area contributed by atoms with E-state index < -0.39 is 6.09 Å². The minimum absolute atomic E-state index is 0.0142. The molecule has 164 valence electrons. The van der Waals surface area contributed by atoms with Gasteiger partial charge in [0.05, 0.1) is 16.6 Å². The molecule has 0 spiro atoms. The van der Waals surface area contributed by atoms with Crippen LogP contribution in [0.2, 0.25) is 10.0 Å². The van der Waals surface area contributed by atoms with E-state index in [9.17, 15) is 14.7 Å². The van der Waals surface area contributed by atoms with Crippen LogP contribution in [-0.4, -0.2) is 47.7 Å². The third-order valence-electron chi connectivity index (χ3n) is 6.52. The Balaban J connectivity index is 1.63. The molecule has 0 bridgehead atoms. The second kappa shape index (κ2) is 8.60. The number of hydrogen-bond acceptors (Lipinski definition) is 3. The van der Waals surface area contributed by atoms with Crippen LogP contribution in [-0.2, 0) is 4.79 Å². The number of benzene rings is 2. The fourth-order valence-electron chi connectivity index (χ4n) is 4.76. The highest BCUT2D eigenvalue weighted by Gasteiger charge is 2.42. The van der Waals surface area contributed by atoms with E-state index in [-0.39, 0.29) is 24.4 Å². The molecule has 31 heavy (non-hydrogen) atoms. The third-order valence-corrected chi connectivity index (χ3v) is 7.34. The van der Waals surface area contributed by atoms with E-state index >= 15 is 0 Å². The van der Waals surface area contributed by atoms with E-state index in [4.69, 9.17) is 23.2 Å². The Bertz CT molecular complexity index is 1040. The van der Waals surface area contributed by atoms with Crippen LogP contribution in [0.4, 0.5) is 16.2 Å². The topological polar surface area (TPSA) is 72.9 Å². The van der Waals surface area contributed by atoms with Crippen LogP contribution in [0.15, 0.2) is 30.3 Å². The summed E-state index contributed by atoms with van der Waals surface area (Å²) in [5.41, 5.74) is 4.78. The Morgan fingerprint density at radius 1 is 1.13 bits per heavy atom. The Kier molecular flexibility index (Phi) is 6.04. The number of carbonyl (C=O) groups is 2. The molecule has 2 aliphatic rings. The van der Waals surface area contributed by atoms with Gasteiger partial charge in [0.2, 0.25) is 5.91 Å². The molecule has 8 heteroatoms. The van der Waals surface area contributed by atoms with E-state index in [1.165, 1.54) is 4.90 Å². The summed E-state index contributed by atoms with van der Waals surface area (Å²) in [6.45, 7) is 5.01. The van der Waals surface area contributed by atoms with Crippen molar-refractivity contribution in [2.75, 3.05) is 29.9 Å². The van der Waals surface area contributed by atoms with Crippen LogP contribution in [0.1, 0.15) is 35.4 Å². The van der Waals surface area contributed by atoms with Crippen LogP contribution in [0.5, 0.6) is 0 Å². The molecule has 2 amide bonds. The van der Waals surface area contributed by atoms with Gasteiger partial charge < -0.3 is 20.2 Å². The zero-order chi connectivity index (χ0) is 22.3. The first kappa shape index (κ1) is 21.8. The van der Waals surface area contributed by atoms with Crippen LogP contribution >= 0.6 is 23.2 Å². The highest BCUT2D eigenvalue weighted by molar-refractivity contribution is 6.42. The van der Waals surface area contributed by atoms with Gasteiger partial charge in [-0.05, 0) is 56.0 Å². The molecule has 0 saturated carbocycles. The van der Waals surface area contributed by atoms with Gasteiger partial charge in [0.1, 0.15) is 0 Å². The predicted molar refractivity (Wildman–Crippen MR) is 124 cm³/mol. The molecule has 4 rings (SSSR count). The van der Waals surface area contributed by atoms with Gasteiger partial charge in [0, 0.05) is 42.0 Å². The standard InChI is InChI=1S/C23H25Cl2N3O3/c1-13-4-3-5-17(14(13)2)26-20(29)12-28-18-9-11-27(23(30)31)10-8-15(18)21-19(28)7-6-16(24)22(21)25/h3-7,15,18H,8-12H2,1-2H3,(H,26,29)(H,30,31)/t15-,18+/m1/s1. The second-order valence-corrected chi connectivity index (χ2v) is 9.02. The largest absolute Gasteiger partial charge is 0.465 e. The molecule has 1 fully saturated rings. The first-order chi connectivity index (χ1) is 14.8. The second-order valence-electron chi connectivity index (χ2n) is 8.24. The van der Waals surface area contributed by atoms with Crippen molar-refractivity contribution in [1.29, 1.82) is 0 Å². The van der Waals surface area contributed by atoms with Crippen LogP contribution in [0.25, 0.3) is 0 Å². The summed E-state index contributed by atoms with van der Waals surface area (Å²) in [6.07, 6.45) is 0.340. The summed E-state index contributed by atoms with van der Waals surface area (Å²) in [5, 5.41) is 13.4. The number of amides is 2. The zero-order valence-corrected chi connectivity index (χ0v) is 19.0. The summed E-state index contributed by atoms with van der Waals surface area (Å²) in [5.74, 6) is -0.0928. The summed E-state index contributed by atoms with van der Waals surface area (Å²) < 4.78 is 0. The number of carbonyl (C=O) groups excluding carboxylic acids is 1. The quantitative estimate of drug-likeness (QED) is 0.650. The molecule has 2 atom stereocenters. The molecule has 2 aromatic rings. The lowest BCUT2D eigenvalue weighted by molar-refractivity contribution is -0.115. The van der Waals surface area contributed by atoms with Crippen molar-refractivity contribution in [3.05, 3.63) is 57.1 Å². The van der Waals surface area contributed by atoms with Crippen molar-refractivity contribution in [3.63, 3.8) is 0 Å². The zero-order valence-electron chi connectivity index (χ0n) is 17.5. The van der Waals surface area contributed by atoms with Crippen molar-refractivity contribution < 1.29 is 14.7 Å². The Hall–Kier alpha value is -2.44. The normalized spacial score (nSPS) is 20.1. The molecule has 2 aliphatic heterocycles. The predicted octanol–water partition coefficient (Wildman–Crippen LogP) is 5.29. The van der Waals surface area contributed by atoms with Crippen LogP contribution < -0.4 is 10.2 Å². The van der Waals surface area contributed by atoms with Gasteiger partial charge >= 0.3 is 6.09 Å². The van der Waals surface area contributed by atoms with Crippen molar-refractivity contribution in [3.8, 4) is 0 Å². The van der Waals surface area contributed by atoms with Crippen molar-refractivity contribution in [1.82, 2.24) is 4.90 Å². The van der Waals surface area contributed by atoms with Gasteiger partial charge in [-0.2, -0.15) is 0 Å². The minimum Gasteiger partial charge on any atom is -0.465 e. The Morgan fingerprint density at radius 3 is 2.61 bits per heavy atom. The molecular formula is C23H25Cl2N3O3. The third kappa shape index (κ3) is 4.06. The lowest BCUT2D eigenvalue weighted by Crippen LogP contribution is -2.40. The summed E-state index contributed by atoms with van der Waals surface area (Å²) in [7, 11) is 0. The number of halogens is 2. The summed E-state index contributed by atoms with van der Waals surface area (Å²) in [6, 6.07) is 9.49. The lowest BCUT2D eigenvalue weighted by atomic mass is 9.91. The maximum Gasteiger partial charge on any atom is 0.407 e. The fourth-order valence-corrected chi connectivity index (χ4v) is 5.23. The first-order valence-corrected chi connectivity index (χ1v) is 11.1. The van der Waals surface area contributed by atoms with Crippen LogP contribution in [0.3, 0.4) is 0 Å². The first-order valence-electron chi connectivity index (χ1n) is 10.4. The number of likely N-dealkylation sites (tertiary alicyclic amines) is 1. The molecule has 0 aromatic heterocycles. The van der Waals surface area contributed by atoms with Gasteiger partial charge in [-0.3, -0.25) is 4.79 Å². The number of nitrogens with one attached hydrogen (secondary N) is 1. The lowest BCUT2D eigenvalue weighted by Gasteiger charge is -2.29. The number of fused-ring (bicyclic) bond motifs is 3. The van der Waals surface area contributed by atoms with Gasteiger partial charge in [0.15, 0.2) is 0 Å². The maximum atomic E-state index is 13.0. The molecule has 2 heterocycles. The molecular weight excluding hydrogens is 437 g/mol. The monoisotopic (exact) mass is 461 g/mol. The fraction of sp³-hybridized carbons (Fsp3) is 0.391. The SMILES string of the molecule is Cc1cccc(NC(=O)CN2c3ccc(Cl)c(Cl)c3[C@@H]3CCN(C(=O)O)CC[C@@H]32)c1C. The summed E-state index contributed by atoms with van der Waals surface area (Å²) in [4.78, 5) is 28.0. The number of carboxylic acid groups (broad SMARTS) is 1. The van der Waals surface area contributed by atoms with Gasteiger partial charge in [0.25, 0.3) is 0 Å². The van der Waals surface area contributed by atoms with Crippen molar-refractivity contribution >= 4 is 46.6 Å². The molecule has 2 aromatic carbocycles. The van der Waals surface area contributed by atoms with E-state index in [1.54, 1.807) is 6.07 Å². The van der Waals surface area contributed by atoms with Crippen molar-refractivity contribution in [2.45, 2.75) is 38.6 Å². The number of hydrogen-bond donors (Lipinski definition) is 2. The molecule has 6 nitrogen and oxygen atoms in total. The van der Waals surface area contributed by atoms with Gasteiger partial charge in [-0.15, -0.1) is 0 Å². The highest BCUT2D eigenvalue weighted by Crippen LogP contribution is 2.50. The van der Waals surface area contributed by atoms with Crippen molar-refractivity contribution in [2.24, 2.45) is 0 Å². The molecule has 0 aliphatic carbocycles. The maximum absolute atomic E-state index is 13.0. The Labute approximate surface area is 191 Å². The van der Waals surface area contributed by atoms with E-state index in [0.29, 0.717) is 36.0 Å².